The number of benzene rings is 1. The zero-order valence-electron chi connectivity index (χ0n) is 12.5. The molecule has 0 radical (unpaired) electrons. The molecule has 1 saturated carbocycles. The van der Waals surface area contributed by atoms with Gasteiger partial charge in [0.1, 0.15) is 0 Å². The Bertz CT molecular complexity index is 530. The maximum atomic E-state index is 13.0. The lowest BCUT2D eigenvalue weighted by atomic mass is 9.89. The number of fused-ring (bicyclic) bond motifs is 1. The van der Waals surface area contributed by atoms with Crippen LogP contribution < -0.4 is 11.3 Å². The molecule has 1 aliphatic carbocycles. The second kappa shape index (κ2) is 6.03. The van der Waals surface area contributed by atoms with Crippen molar-refractivity contribution in [3.8, 4) is 0 Å². The number of nitrogens with two attached hydrogens (primary N) is 1. The third-order valence-electron chi connectivity index (χ3n) is 4.55. The van der Waals surface area contributed by atoms with Crippen molar-refractivity contribution >= 4 is 11.6 Å². The monoisotopic (exact) mass is 289 g/mol. The van der Waals surface area contributed by atoms with E-state index in [1.807, 2.05) is 30.0 Å². The van der Waals surface area contributed by atoms with Gasteiger partial charge in [0.15, 0.2) is 0 Å². The summed E-state index contributed by atoms with van der Waals surface area (Å²) >= 11 is 0. The summed E-state index contributed by atoms with van der Waals surface area (Å²) in [4.78, 5) is 15.0. The van der Waals surface area contributed by atoms with Crippen molar-refractivity contribution in [1.82, 2.24) is 4.90 Å². The van der Waals surface area contributed by atoms with Crippen molar-refractivity contribution in [2.45, 2.75) is 44.8 Å². The van der Waals surface area contributed by atoms with E-state index >= 15 is 0 Å². The Kier molecular flexibility index (Phi) is 4.12. The van der Waals surface area contributed by atoms with Gasteiger partial charge in [-0.05, 0) is 31.9 Å². The highest BCUT2D eigenvalue weighted by atomic mass is 16.5. The van der Waals surface area contributed by atoms with Gasteiger partial charge in [-0.3, -0.25) is 10.6 Å². The van der Waals surface area contributed by atoms with Crippen molar-refractivity contribution < 1.29 is 9.53 Å². The highest BCUT2D eigenvalue weighted by molar-refractivity contribution is 6.00. The van der Waals surface area contributed by atoms with Gasteiger partial charge >= 0.3 is 0 Å². The number of carbonyl (C=O) groups is 1. The summed E-state index contributed by atoms with van der Waals surface area (Å²) in [5.74, 6) is 5.62. The van der Waals surface area contributed by atoms with Gasteiger partial charge in [-0.25, -0.2) is 0 Å². The number of ether oxygens (including phenoxy) is 1. The van der Waals surface area contributed by atoms with E-state index in [2.05, 4.69) is 5.43 Å². The van der Waals surface area contributed by atoms with E-state index in [0.29, 0.717) is 24.4 Å². The fraction of sp³-hybridized carbons (Fsp3) is 0.562. The van der Waals surface area contributed by atoms with Crippen LogP contribution in [-0.2, 0) is 4.74 Å². The quantitative estimate of drug-likeness (QED) is 0.646. The van der Waals surface area contributed by atoms with Gasteiger partial charge in [0.05, 0.1) is 30.0 Å². The fourth-order valence-corrected chi connectivity index (χ4v) is 3.46. The summed E-state index contributed by atoms with van der Waals surface area (Å²) in [6.07, 6.45) is 4.67. The zero-order chi connectivity index (χ0) is 14.8. The summed E-state index contributed by atoms with van der Waals surface area (Å²) in [7, 11) is 0. The predicted molar refractivity (Wildman–Crippen MR) is 82.0 cm³/mol. The zero-order valence-corrected chi connectivity index (χ0v) is 12.5. The van der Waals surface area contributed by atoms with E-state index in [9.17, 15) is 4.79 Å². The Labute approximate surface area is 125 Å². The molecule has 5 nitrogen and oxygen atoms in total. The van der Waals surface area contributed by atoms with Gasteiger partial charge in [-0.1, -0.05) is 24.5 Å². The van der Waals surface area contributed by atoms with Gasteiger partial charge in [-0.15, -0.1) is 0 Å². The number of hydrogen-bond acceptors (Lipinski definition) is 4. The molecule has 1 aliphatic heterocycles. The summed E-state index contributed by atoms with van der Waals surface area (Å²) in [5, 5.41) is 0. The first-order valence-corrected chi connectivity index (χ1v) is 7.70. The molecule has 5 heteroatoms. The van der Waals surface area contributed by atoms with Crippen molar-refractivity contribution in [3.05, 3.63) is 29.3 Å². The lowest BCUT2D eigenvalue weighted by molar-refractivity contribution is -0.0752. The van der Waals surface area contributed by atoms with Crippen molar-refractivity contribution in [2.24, 2.45) is 5.84 Å². The average molecular weight is 289 g/mol. The van der Waals surface area contributed by atoms with Crippen LogP contribution in [-0.4, -0.2) is 36.1 Å². The van der Waals surface area contributed by atoms with E-state index in [1.54, 1.807) is 0 Å². The Hall–Kier alpha value is -1.59. The maximum Gasteiger partial charge on any atom is 0.256 e. The molecule has 1 aromatic rings. The van der Waals surface area contributed by atoms with Crippen LogP contribution >= 0.6 is 0 Å². The number of hydrogen-bond donors (Lipinski definition) is 2. The molecular formula is C16H23N3O2. The van der Waals surface area contributed by atoms with Gasteiger partial charge in [-0.2, -0.15) is 0 Å². The van der Waals surface area contributed by atoms with Gasteiger partial charge in [0.25, 0.3) is 5.91 Å². The molecule has 1 amide bonds. The molecule has 3 N–H and O–H groups in total. The summed E-state index contributed by atoms with van der Waals surface area (Å²) in [6, 6.07) is 5.94. The molecule has 21 heavy (non-hydrogen) atoms. The number of rotatable bonds is 2. The van der Waals surface area contributed by atoms with Crippen LogP contribution in [0.25, 0.3) is 0 Å². The Balaban J connectivity index is 1.88. The lowest BCUT2D eigenvalue weighted by Crippen LogP contribution is -2.54. The molecular weight excluding hydrogens is 266 g/mol. The summed E-state index contributed by atoms with van der Waals surface area (Å²) in [6.45, 7) is 3.28. The second-order valence-corrected chi connectivity index (χ2v) is 5.95. The minimum absolute atomic E-state index is 0.0619. The van der Waals surface area contributed by atoms with E-state index < -0.39 is 0 Å². The minimum Gasteiger partial charge on any atom is -0.374 e. The lowest BCUT2D eigenvalue weighted by Gasteiger charge is -2.44. The second-order valence-electron chi connectivity index (χ2n) is 5.95. The van der Waals surface area contributed by atoms with Crippen LogP contribution in [0.3, 0.4) is 0 Å². The number of morpholine rings is 1. The number of amides is 1. The topological polar surface area (TPSA) is 67.6 Å². The molecule has 2 aliphatic rings. The van der Waals surface area contributed by atoms with Crippen LogP contribution in [0.15, 0.2) is 18.2 Å². The maximum absolute atomic E-state index is 13.0. The van der Waals surface area contributed by atoms with Crippen LogP contribution in [0.4, 0.5) is 5.69 Å². The number of nitrogen functional groups attached to an aromatic ring is 1. The third kappa shape index (κ3) is 2.76. The molecule has 1 aromatic carbocycles. The van der Waals surface area contributed by atoms with Crippen LogP contribution in [0.5, 0.6) is 0 Å². The molecule has 2 fully saturated rings. The van der Waals surface area contributed by atoms with Crippen molar-refractivity contribution in [2.75, 3.05) is 18.6 Å². The molecule has 2 unspecified atom stereocenters. The number of hydrazine groups is 1. The van der Waals surface area contributed by atoms with Crippen molar-refractivity contribution in [1.29, 1.82) is 0 Å². The number of nitrogens with one attached hydrogen (secondary N) is 1. The summed E-state index contributed by atoms with van der Waals surface area (Å²) in [5.41, 5.74) is 5.04. The largest absolute Gasteiger partial charge is 0.374 e. The van der Waals surface area contributed by atoms with E-state index in [0.717, 1.165) is 18.4 Å². The van der Waals surface area contributed by atoms with E-state index in [1.165, 1.54) is 12.8 Å². The van der Waals surface area contributed by atoms with Crippen molar-refractivity contribution in [3.63, 3.8) is 0 Å². The molecule has 0 bridgehead atoms. The number of anilines is 1. The summed E-state index contributed by atoms with van der Waals surface area (Å²) < 4.78 is 5.84. The van der Waals surface area contributed by atoms with Crippen LogP contribution in [0.1, 0.15) is 41.6 Å². The third-order valence-corrected chi connectivity index (χ3v) is 4.55. The molecule has 1 heterocycles. The Morgan fingerprint density at radius 3 is 3.00 bits per heavy atom. The molecule has 2 atom stereocenters. The Morgan fingerprint density at radius 2 is 2.19 bits per heavy atom. The smallest absolute Gasteiger partial charge is 0.256 e. The van der Waals surface area contributed by atoms with E-state index in [-0.39, 0.29) is 18.1 Å². The standard InChI is InChI=1S/C16H23N3O2/c1-11-6-7-13(18-17)12(10-11)16(20)19-8-9-21-15-5-3-2-4-14(15)19/h6-7,10,14-15,18H,2-5,8-9,17H2,1H3. The Morgan fingerprint density at radius 1 is 1.38 bits per heavy atom. The number of aryl methyl sites for hydroxylation is 1. The van der Waals surface area contributed by atoms with Gasteiger partial charge < -0.3 is 15.1 Å². The molecule has 114 valence electrons. The minimum atomic E-state index is 0.0619. The van der Waals surface area contributed by atoms with Crippen LogP contribution in [0.2, 0.25) is 0 Å². The van der Waals surface area contributed by atoms with E-state index in [4.69, 9.17) is 10.6 Å². The molecule has 1 saturated heterocycles. The normalized spacial score (nSPS) is 25.3. The first kappa shape index (κ1) is 14.4. The molecule has 0 aromatic heterocycles. The first-order valence-electron chi connectivity index (χ1n) is 7.70. The highest BCUT2D eigenvalue weighted by Gasteiger charge is 2.37. The molecule has 3 rings (SSSR count). The van der Waals surface area contributed by atoms with Crippen LogP contribution in [0, 0.1) is 6.92 Å². The fourth-order valence-electron chi connectivity index (χ4n) is 3.46. The highest BCUT2D eigenvalue weighted by Crippen LogP contribution is 2.30. The SMILES string of the molecule is Cc1ccc(NN)c(C(=O)N2CCOC3CCCCC32)c1. The predicted octanol–water partition coefficient (Wildman–Crippen LogP) is 2.06. The molecule has 0 spiro atoms. The average Bonchev–Trinajstić information content (AvgIpc) is 2.53. The first-order chi connectivity index (χ1) is 10.2. The van der Waals surface area contributed by atoms with Gasteiger partial charge in [0.2, 0.25) is 0 Å². The number of carbonyl (C=O) groups excluding carboxylic acids is 1. The number of nitrogens with zero attached hydrogens (tertiary/aromatic N) is 1. The van der Waals surface area contributed by atoms with Gasteiger partial charge in [0, 0.05) is 6.54 Å².